The quantitative estimate of drug-likeness (QED) is 0.896. The molecule has 1 aliphatic heterocycles. The highest BCUT2D eigenvalue weighted by molar-refractivity contribution is 9.10. The van der Waals surface area contributed by atoms with Crippen molar-refractivity contribution in [2.24, 2.45) is 11.7 Å². The number of carbonyl (C=O) groups is 1. The van der Waals surface area contributed by atoms with Crippen molar-refractivity contribution in [2.75, 3.05) is 13.1 Å². The van der Waals surface area contributed by atoms with Crippen LogP contribution in [-0.4, -0.2) is 31.7 Å². The number of nitrogens with zero attached hydrogens (tertiary/aromatic N) is 1. The molecule has 0 aliphatic carbocycles. The molecule has 1 atom stereocenters. The summed E-state index contributed by atoms with van der Waals surface area (Å²) in [6.07, 6.45) is 1.31. The van der Waals surface area contributed by atoms with Crippen LogP contribution in [0.15, 0.2) is 33.6 Å². The number of piperidine rings is 1. The number of amides is 1. The van der Waals surface area contributed by atoms with Gasteiger partial charge in [-0.15, -0.1) is 0 Å². The fourth-order valence-electron chi connectivity index (χ4n) is 2.17. The maximum atomic E-state index is 12.5. The number of hydrogen-bond acceptors (Lipinski definition) is 3. The number of hydrogen-bond donors (Lipinski definition) is 1. The van der Waals surface area contributed by atoms with Gasteiger partial charge in [-0.25, -0.2) is 8.42 Å². The van der Waals surface area contributed by atoms with Gasteiger partial charge in [-0.05, 0) is 31.0 Å². The first-order chi connectivity index (χ1) is 8.91. The fourth-order valence-corrected chi connectivity index (χ4v) is 4.29. The topological polar surface area (TPSA) is 80.5 Å². The van der Waals surface area contributed by atoms with Gasteiger partial charge in [0.05, 0.1) is 10.8 Å². The van der Waals surface area contributed by atoms with Gasteiger partial charge in [0.2, 0.25) is 15.9 Å². The van der Waals surface area contributed by atoms with E-state index in [0.717, 1.165) is 0 Å². The number of benzene rings is 1. The molecule has 1 aromatic rings. The molecule has 104 valence electrons. The maximum Gasteiger partial charge on any atom is 0.243 e. The lowest BCUT2D eigenvalue weighted by Crippen LogP contribution is -2.44. The van der Waals surface area contributed by atoms with Crippen molar-refractivity contribution in [3.05, 3.63) is 28.7 Å². The van der Waals surface area contributed by atoms with E-state index >= 15 is 0 Å². The molecule has 7 heteroatoms. The van der Waals surface area contributed by atoms with Gasteiger partial charge in [-0.1, -0.05) is 22.0 Å². The number of primary amides is 1. The third-order valence-corrected chi connectivity index (χ3v) is 5.57. The van der Waals surface area contributed by atoms with Crippen LogP contribution < -0.4 is 5.73 Å². The summed E-state index contributed by atoms with van der Waals surface area (Å²) in [6.45, 7) is 0.600. The van der Waals surface area contributed by atoms with Crippen molar-refractivity contribution >= 4 is 31.9 Å². The van der Waals surface area contributed by atoms with Gasteiger partial charge in [0.1, 0.15) is 0 Å². The lowest BCUT2D eigenvalue weighted by molar-refractivity contribution is -0.122. The second-order valence-corrected chi connectivity index (χ2v) is 7.42. The van der Waals surface area contributed by atoms with E-state index < -0.39 is 21.8 Å². The van der Waals surface area contributed by atoms with Crippen molar-refractivity contribution in [2.45, 2.75) is 17.7 Å². The molecule has 2 N–H and O–H groups in total. The van der Waals surface area contributed by atoms with Gasteiger partial charge >= 0.3 is 0 Å². The van der Waals surface area contributed by atoms with E-state index in [9.17, 15) is 13.2 Å². The molecule has 0 bridgehead atoms. The van der Waals surface area contributed by atoms with Gasteiger partial charge in [0.25, 0.3) is 0 Å². The Bertz CT molecular complexity index is 588. The standard InChI is InChI=1S/C12H15BrN2O3S/c13-10-4-1-5-11(7-10)19(17,18)15-6-2-3-9(8-15)12(14)16/h1,4-5,7,9H,2-3,6,8H2,(H2,14,16)/t9-/m0/s1. The fraction of sp³-hybridized carbons (Fsp3) is 0.417. The minimum Gasteiger partial charge on any atom is -0.369 e. The van der Waals surface area contributed by atoms with Crippen LogP contribution in [0.3, 0.4) is 0 Å². The van der Waals surface area contributed by atoms with E-state index in [1.807, 2.05) is 0 Å². The van der Waals surface area contributed by atoms with E-state index in [-0.39, 0.29) is 11.4 Å². The van der Waals surface area contributed by atoms with E-state index in [4.69, 9.17) is 5.73 Å². The summed E-state index contributed by atoms with van der Waals surface area (Å²) in [6, 6.07) is 6.55. The molecule has 0 unspecified atom stereocenters. The molecular weight excluding hydrogens is 332 g/mol. The van der Waals surface area contributed by atoms with Crippen LogP contribution in [-0.2, 0) is 14.8 Å². The van der Waals surface area contributed by atoms with Crippen molar-refractivity contribution in [3.8, 4) is 0 Å². The number of carbonyl (C=O) groups excluding carboxylic acids is 1. The van der Waals surface area contributed by atoms with Crippen LogP contribution in [0.1, 0.15) is 12.8 Å². The molecule has 1 saturated heterocycles. The lowest BCUT2D eigenvalue weighted by atomic mass is 9.99. The second-order valence-electron chi connectivity index (χ2n) is 4.56. The molecular formula is C12H15BrN2O3S. The summed E-state index contributed by atoms with van der Waals surface area (Å²) < 4.78 is 27.0. The van der Waals surface area contributed by atoms with Crippen molar-refractivity contribution in [1.82, 2.24) is 4.31 Å². The van der Waals surface area contributed by atoms with Crippen LogP contribution in [0.25, 0.3) is 0 Å². The maximum absolute atomic E-state index is 12.5. The van der Waals surface area contributed by atoms with Crippen LogP contribution in [0, 0.1) is 5.92 Å². The number of rotatable bonds is 3. The van der Waals surface area contributed by atoms with Gasteiger partial charge in [0, 0.05) is 17.6 Å². The molecule has 0 aromatic heterocycles. The highest BCUT2D eigenvalue weighted by Gasteiger charge is 2.32. The average Bonchev–Trinajstić information content (AvgIpc) is 2.39. The highest BCUT2D eigenvalue weighted by Crippen LogP contribution is 2.25. The minimum absolute atomic E-state index is 0.171. The summed E-state index contributed by atoms with van der Waals surface area (Å²) in [7, 11) is -3.56. The summed E-state index contributed by atoms with van der Waals surface area (Å²) in [5.41, 5.74) is 5.27. The van der Waals surface area contributed by atoms with Crippen LogP contribution in [0.4, 0.5) is 0 Å². The van der Waals surface area contributed by atoms with Gasteiger partial charge in [0.15, 0.2) is 0 Å². The SMILES string of the molecule is NC(=O)[C@H]1CCCN(S(=O)(=O)c2cccc(Br)c2)C1. The van der Waals surface area contributed by atoms with Gasteiger partial charge < -0.3 is 5.73 Å². The first-order valence-corrected chi connectivity index (χ1v) is 8.19. The Morgan fingerprint density at radius 3 is 2.79 bits per heavy atom. The molecule has 1 amide bonds. The monoisotopic (exact) mass is 346 g/mol. The third kappa shape index (κ3) is 3.16. The first-order valence-electron chi connectivity index (χ1n) is 5.96. The van der Waals surface area contributed by atoms with Gasteiger partial charge in [-0.3, -0.25) is 4.79 Å². The van der Waals surface area contributed by atoms with Crippen LogP contribution >= 0.6 is 15.9 Å². The molecule has 19 heavy (non-hydrogen) atoms. The molecule has 2 rings (SSSR count). The molecule has 0 saturated carbocycles. The smallest absolute Gasteiger partial charge is 0.243 e. The molecule has 1 aliphatic rings. The Labute approximate surface area is 121 Å². The lowest BCUT2D eigenvalue weighted by Gasteiger charge is -2.30. The predicted octanol–water partition coefficient (Wildman–Crippen LogP) is 1.34. The number of sulfonamides is 1. The predicted molar refractivity (Wildman–Crippen MR) is 74.8 cm³/mol. The molecule has 1 aromatic carbocycles. The van der Waals surface area contributed by atoms with Crippen LogP contribution in [0.2, 0.25) is 0 Å². The van der Waals surface area contributed by atoms with Crippen molar-refractivity contribution in [1.29, 1.82) is 0 Å². The molecule has 0 spiro atoms. The summed E-state index contributed by atoms with van der Waals surface area (Å²) in [5.74, 6) is -0.829. The normalized spacial score (nSPS) is 21.2. The molecule has 5 nitrogen and oxygen atoms in total. The Hall–Kier alpha value is -0.920. The molecule has 1 fully saturated rings. The summed E-state index contributed by atoms with van der Waals surface area (Å²) in [5, 5.41) is 0. The summed E-state index contributed by atoms with van der Waals surface area (Å²) >= 11 is 3.26. The van der Waals surface area contributed by atoms with Crippen molar-refractivity contribution < 1.29 is 13.2 Å². The van der Waals surface area contributed by atoms with Gasteiger partial charge in [-0.2, -0.15) is 4.31 Å². The zero-order chi connectivity index (χ0) is 14.0. The number of halogens is 1. The molecule has 0 radical (unpaired) electrons. The number of nitrogens with two attached hydrogens (primary N) is 1. The Kier molecular flexibility index (Phi) is 4.27. The summed E-state index contributed by atoms with van der Waals surface area (Å²) in [4.78, 5) is 11.4. The van der Waals surface area contributed by atoms with Crippen LogP contribution in [0.5, 0.6) is 0 Å². The van der Waals surface area contributed by atoms with E-state index in [1.165, 1.54) is 4.31 Å². The second kappa shape index (κ2) is 5.60. The molecule has 1 heterocycles. The Morgan fingerprint density at radius 2 is 2.16 bits per heavy atom. The zero-order valence-corrected chi connectivity index (χ0v) is 12.7. The van der Waals surface area contributed by atoms with E-state index in [1.54, 1.807) is 24.3 Å². The minimum atomic E-state index is -3.56. The first kappa shape index (κ1) is 14.5. The largest absolute Gasteiger partial charge is 0.369 e. The third-order valence-electron chi connectivity index (χ3n) is 3.22. The zero-order valence-electron chi connectivity index (χ0n) is 10.3. The van der Waals surface area contributed by atoms with E-state index in [2.05, 4.69) is 15.9 Å². The van der Waals surface area contributed by atoms with Crippen molar-refractivity contribution in [3.63, 3.8) is 0 Å². The van der Waals surface area contributed by atoms with E-state index in [0.29, 0.717) is 23.9 Å². The average molecular weight is 347 g/mol. The highest BCUT2D eigenvalue weighted by atomic mass is 79.9. The Morgan fingerprint density at radius 1 is 1.42 bits per heavy atom. The Balaban J connectivity index is 2.27.